The van der Waals surface area contributed by atoms with Crippen LogP contribution in [-0.2, 0) is 14.3 Å². The number of aliphatic carboxylic acids is 1. The van der Waals surface area contributed by atoms with Crippen LogP contribution in [0.3, 0.4) is 0 Å². The van der Waals surface area contributed by atoms with Crippen LogP contribution in [-0.4, -0.2) is 29.2 Å². The van der Waals surface area contributed by atoms with E-state index in [9.17, 15) is 14.7 Å². The van der Waals surface area contributed by atoms with Crippen LogP contribution in [0, 0.1) is 18.8 Å². The van der Waals surface area contributed by atoms with Gasteiger partial charge in [-0.05, 0) is 31.4 Å². The van der Waals surface area contributed by atoms with Gasteiger partial charge in [-0.25, -0.2) is 0 Å². The van der Waals surface area contributed by atoms with Crippen LogP contribution in [0.1, 0.15) is 18.4 Å². The fourth-order valence-corrected chi connectivity index (χ4v) is 3.25. The van der Waals surface area contributed by atoms with E-state index in [2.05, 4.69) is 5.32 Å². The lowest BCUT2D eigenvalue weighted by Crippen LogP contribution is -2.41. The maximum atomic E-state index is 12.4. The molecule has 2 aliphatic heterocycles. The molecule has 5 nitrogen and oxygen atoms in total. The summed E-state index contributed by atoms with van der Waals surface area (Å²) in [6.07, 6.45) is 0.922. The van der Waals surface area contributed by atoms with E-state index in [0.717, 1.165) is 24.1 Å². The molecule has 0 saturated carbocycles. The quantitative estimate of drug-likeness (QED) is 0.882. The number of carboxylic acids is 1. The lowest BCUT2D eigenvalue weighted by atomic mass is 9.78. The molecule has 2 aliphatic rings. The first kappa shape index (κ1) is 13.1. The summed E-state index contributed by atoms with van der Waals surface area (Å²) < 4.78 is 5.61. The first-order valence-corrected chi connectivity index (χ1v) is 6.82. The van der Waals surface area contributed by atoms with Crippen molar-refractivity contribution >= 4 is 17.6 Å². The molecule has 0 aromatic heterocycles. The van der Waals surface area contributed by atoms with E-state index in [-0.39, 0.29) is 18.1 Å². The maximum absolute atomic E-state index is 12.4. The van der Waals surface area contributed by atoms with Crippen molar-refractivity contribution in [3.8, 4) is 0 Å². The molecule has 2 fully saturated rings. The zero-order valence-corrected chi connectivity index (χ0v) is 11.2. The van der Waals surface area contributed by atoms with Crippen molar-refractivity contribution in [2.24, 2.45) is 11.8 Å². The number of carboxylic acid groups (broad SMARTS) is 1. The summed E-state index contributed by atoms with van der Waals surface area (Å²) in [4.78, 5) is 23.8. The van der Waals surface area contributed by atoms with Crippen LogP contribution in [0.5, 0.6) is 0 Å². The molecule has 0 spiro atoms. The summed E-state index contributed by atoms with van der Waals surface area (Å²) in [5.41, 5.74) is 1.68. The number of hydrogen-bond acceptors (Lipinski definition) is 3. The number of nitrogens with one attached hydrogen (secondary N) is 1. The maximum Gasteiger partial charge on any atom is 0.310 e. The van der Waals surface area contributed by atoms with Gasteiger partial charge in [0, 0.05) is 5.69 Å². The summed E-state index contributed by atoms with van der Waals surface area (Å²) in [7, 11) is 0. The minimum Gasteiger partial charge on any atom is -0.481 e. The van der Waals surface area contributed by atoms with E-state index in [4.69, 9.17) is 4.74 Å². The third-order valence-electron chi connectivity index (χ3n) is 4.26. The number of amides is 1. The fraction of sp³-hybridized carbons (Fsp3) is 0.467. The lowest BCUT2D eigenvalue weighted by molar-refractivity contribution is -0.147. The van der Waals surface area contributed by atoms with Crippen molar-refractivity contribution in [3.63, 3.8) is 0 Å². The lowest BCUT2D eigenvalue weighted by Gasteiger charge is -2.24. The molecule has 2 N–H and O–H groups in total. The summed E-state index contributed by atoms with van der Waals surface area (Å²) in [6.45, 7) is 1.90. The van der Waals surface area contributed by atoms with Gasteiger partial charge in [-0.2, -0.15) is 0 Å². The number of para-hydroxylation sites is 1. The van der Waals surface area contributed by atoms with Crippen molar-refractivity contribution in [2.45, 2.75) is 32.0 Å². The van der Waals surface area contributed by atoms with Gasteiger partial charge < -0.3 is 15.2 Å². The number of rotatable bonds is 3. The molecule has 0 aliphatic carbocycles. The topological polar surface area (TPSA) is 75.6 Å². The fourth-order valence-electron chi connectivity index (χ4n) is 3.25. The average Bonchev–Trinajstić information content (AvgIpc) is 3.01. The number of hydrogen-bond donors (Lipinski definition) is 2. The first-order chi connectivity index (χ1) is 9.58. The molecule has 3 rings (SSSR count). The Hall–Kier alpha value is -1.88. The predicted molar refractivity (Wildman–Crippen MR) is 72.3 cm³/mol. The molecule has 1 amide bonds. The largest absolute Gasteiger partial charge is 0.481 e. The van der Waals surface area contributed by atoms with Crippen molar-refractivity contribution in [2.75, 3.05) is 5.32 Å². The van der Waals surface area contributed by atoms with E-state index in [1.807, 2.05) is 31.2 Å². The van der Waals surface area contributed by atoms with E-state index in [1.54, 1.807) is 0 Å². The molecule has 2 saturated heterocycles. The molecule has 5 heteroatoms. The number of ether oxygens (including phenoxy) is 1. The van der Waals surface area contributed by atoms with Gasteiger partial charge >= 0.3 is 5.97 Å². The van der Waals surface area contributed by atoms with E-state index in [1.165, 1.54) is 0 Å². The van der Waals surface area contributed by atoms with Gasteiger partial charge in [-0.3, -0.25) is 9.59 Å². The molecule has 0 unspecified atom stereocenters. The van der Waals surface area contributed by atoms with E-state index < -0.39 is 17.8 Å². The molecule has 4 atom stereocenters. The predicted octanol–water partition coefficient (Wildman–Crippen LogP) is 1.81. The van der Waals surface area contributed by atoms with Crippen molar-refractivity contribution < 1.29 is 19.4 Å². The van der Waals surface area contributed by atoms with Crippen LogP contribution in [0.15, 0.2) is 24.3 Å². The zero-order valence-electron chi connectivity index (χ0n) is 11.2. The monoisotopic (exact) mass is 275 g/mol. The Morgan fingerprint density at radius 3 is 2.50 bits per heavy atom. The molecule has 0 radical (unpaired) electrons. The summed E-state index contributed by atoms with van der Waals surface area (Å²) in [6, 6.07) is 7.46. The third kappa shape index (κ3) is 2.08. The number of carbonyl (C=O) groups excluding carboxylic acids is 1. The Kier molecular flexibility index (Phi) is 3.22. The minimum absolute atomic E-state index is 0.251. The second-order valence-corrected chi connectivity index (χ2v) is 5.48. The Morgan fingerprint density at radius 1 is 1.20 bits per heavy atom. The number of anilines is 1. The molecule has 2 heterocycles. The SMILES string of the molecule is Cc1ccccc1NC(=O)[C@H]1[C@@H](C(=O)O)[C@H]2CC[C@@H]1O2. The molecule has 106 valence electrons. The second-order valence-electron chi connectivity index (χ2n) is 5.48. The van der Waals surface area contributed by atoms with Crippen LogP contribution in [0.2, 0.25) is 0 Å². The van der Waals surface area contributed by atoms with E-state index >= 15 is 0 Å². The number of fused-ring (bicyclic) bond motifs is 2. The zero-order chi connectivity index (χ0) is 14.3. The number of aryl methyl sites for hydroxylation is 1. The summed E-state index contributed by atoms with van der Waals surface area (Å²) in [5.74, 6) is -2.51. The van der Waals surface area contributed by atoms with Gasteiger partial charge in [-0.15, -0.1) is 0 Å². The van der Waals surface area contributed by atoms with Crippen LogP contribution >= 0.6 is 0 Å². The van der Waals surface area contributed by atoms with Crippen molar-refractivity contribution in [1.82, 2.24) is 0 Å². The van der Waals surface area contributed by atoms with Gasteiger partial charge in [0.1, 0.15) is 0 Å². The highest BCUT2D eigenvalue weighted by Gasteiger charge is 2.55. The smallest absolute Gasteiger partial charge is 0.310 e. The standard InChI is InChI=1S/C15H17NO4/c1-8-4-2-3-5-9(8)16-14(17)12-10-6-7-11(20-10)13(12)15(18)19/h2-5,10-13H,6-7H2,1H3,(H,16,17)(H,18,19)/t10-,11+,12+,13-/m0/s1. The van der Waals surface area contributed by atoms with Gasteiger partial charge in [0.05, 0.1) is 24.0 Å². The number of carbonyl (C=O) groups is 2. The van der Waals surface area contributed by atoms with Crippen molar-refractivity contribution in [3.05, 3.63) is 29.8 Å². The van der Waals surface area contributed by atoms with Crippen molar-refractivity contribution in [1.29, 1.82) is 0 Å². The Morgan fingerprint density at radius 2 is 1.85 bits per heavy atom. The molecular formula is C15H17NO4. The highest BCUT2D eigenvalue weighted by Crippen LogP contribution is 2.44. The number of benzene rings is 1. The normalized spacial score (nSPS) is 31.2. The van der Waals surface area contributed by atoms with Gasteiger partial charge in [0.25, 0.3) is 0 Å². The molecule has 2 bridgehead atoms. The molecular weight excluding hydrogens is 258 g/mol. The second kappa shape index (κ2) is 4.90. The Bertz CT molecular complexity index is 557. The van der Waals surface area contributed by atoms with E-state index in [0.29, 0.717) is 0 Å². The average molecular weight is 275 g/mol. The summed E-state index contributed by atoms with van der Waals surface area (Å²) in [5, 5.41) is 12.2. The van der Waals surface area contributed by atoms with Gasteiger partial charge in [-0.1, -0.05) is 18.2 Å². The van der Waals surface area contributed by atoms with Crippen LogP contribution < -0.4 is 5.32 Å². The third-order valence-corrected chi connectivity index (χ3v) is 4.26. The summed E-state index contributed by atoms with van der Waals surface area (Å²) >= 11 is 0. The first-order valence-electron chi connectivity index (χ1n) is 6.82. The highest BCUT2D eigenvalue weighted by atomic mass is 16.5. The highest BCUT2D eigenvalue weighted by molar-refractivity contribution is 5.96. The molecule has 1 aromatic carbocycles. The Labute approximate surface area is 116 Å². The molecule has 1 aromatic rings. The van der Waals surface area contributed by atoms with Crippen LogP contribution in [0.25, 0.3) is 0 Å². The van der Waals surface area contributed by atoms with Gasteiger partial charge in [0.15, 0.2) is 0 Å². The minimum atomic E-state index is -0.942. The molecule has 20 heavy (non-hydrogen) atoms. The van der Waals surface area contributed by atoms with Gasteiger partial charge in [0.2, 0.25) is 5.91 Å². The van der Waals surface area contributed by atoms with Crippen LogP contribution in [0.4, 0.5) is 5.69 Å². The Balaban J connectivity index is 1.80.